The van der Waals surface area contributed by atoms with Crippen LogP contribution < -0.4 is 18.9 Å². The first-order chi connectivity index (χ1) is 13.2. The van der Waals surface area contributed by atoms with Gasteiger partial charge in [-0.1, -0.05) is 6.07 Å². The Morgan fingerprint density at radius 1 is 1.07 bits per heavy atom. The SMILES string of the molecule is CCOc1ccc2c(c1)CCN(C#N)C2c1cc(OC)c(OC)c(OC)c1. The van der Waals surface area contributed by atoms with Crippen molar-refractivity contribution in [1.82, 2.24) is 4.90 Å². The Kier molecular flexibility index (Phi) is 5.60. The van der Waals surface area contributed by atoms with Crippen LogP contribution in [0.5, 0.6) is 23.0 Å². The lowest BCUT2D eigenvalue weighted by Gasteiger charge is -2.34. The molecule has 1 aliphatic rings. The first-order valence-electron chi connectivity index (χ1n) is 8.88. The van der Waals surface area contributed by atoms with Crippen molar-refractivity contribution >= 4 is 0 Å². The largest absolute Gasteiger partial charge is 0.494 e. The van der Waals surface area contributed by atoms with Gasteiger partial charge < -0.3 is 18.9 Å². The molecular weight excluding hydrogens is 344 g/mol. The second kappa shape index (κ2) is 8.09. The van der Waals surface area contributed by atoms with E-state index in [0.29, 0.717) is 30.4 Å². The van der Waals surface area contributed by atoms with Crippen molar-refractivity contribution in [2.24, 2.45) is 0 Å². The number of methoxy groups -OCH3 is 3. The van der Waals surface area contributed by atoms with Crippen molar-refractivity contribution < 1.29 is 18.9 Å². The Balaban J connectivity index is 2.13. The lowest BCUT2D eigenvalue weighted by molar-refractivity contribution is 0.303. The molecule has 142 valence electrons. The standard InChI is InChI=1S/C21H24N2O4/c1-5-27-16-6-7-17-14(10-16)8-9-23(13-22)20(17)15-11-18(24-2)21(26-4)19(12-15)25-3/h6-7,10-12,20H,5,8-9H2,1-4H3. The Hall–Kier alpha value is -3.07. The average Bonchev–Trinajstić information content (AvgIpc) is 2.71. The van der Waals surface area contributed by atoms with E-state index in [9.17, 15) is 5.26 Å². The highest BCUT2D eigenvalue weighted by molar-refractivity contribution is 5.56. The van der Waals surface area contributed by atoms with Gasteiger partial charge in [-0.2, -0.15) is 5.26 Å². The number of nitriles is 1. The third kappa shape index (κ3) is 3.45. The van der Waals surface area contributed by atoms with E-state index < -0.39 is 0 Å². The molecule has 0 fully saturated rings. The molecule has 2 aromatic carbocycles. The molecule has 3 rings (SSSR count). The highest BCUT2D eigenvalue weighted by Gasteiger charge is 2.30. The van der Waals surface area contributed by atoms with Crippen LogP contribution in [0.2, 0.25) is 0 Å². The van der Waals surface area contributed by atoms with E-state index >= 15 is 0 Å². The summed E-state index contributed by atoms with van der Waals surface area (Å²) in [6.45, 7) is 3.23. The highest BCUT2D eigenvalue weighted by atomic mass is 16.5. The second-order valence-electron chi connectivity index (χ2n) is 6.20. The highest BCUT2D eigenvalue weighted by Crippen LogP contribution is 2.44. The van der Waals surface area contributed by atoms with E-state index in [-0.39, 0.29) is 6.04 Å². The second-order valence-corrected chi connectivity index (χ2v) is 6.20. The quantitative estimate of drug-likeness (QED) is 0.727. The van der Waals surface area contributed by atoms with Crippen LogP contribution in [0, 0.1) is 11.5 Å². The van der Waals surface area contributed by atoms with Gasteiger partial charge in [0.1, 0.15) is 5.75 Å². The van der Waals surface area contributed by atoms with Gasteiger partial charge in [-0.05, 0) is 54.3 Å². The van der Waals surface area contributed by atoms with Gasteiger partial charge in [0, 0.05) is 6.54 Å². The van der Waals surface area contributed by atoms with Gasteiger partial charge in [0.25, 0.3) is 0 Å². The van der Waals surface area contributed by atoms with Crippen molar-refractivity contribution in [3.63, 3.8) is 0 Å². The van der Waals surface area contributed by atoms with E-state index in [0.717, 1.165) is 23.3 Å². The number of fused-ring (bicyclic) bond motifs is 1. The van der Waals surface area contributed by atoms with Gasteiger partial charge in [-0.25, -0.2) is 0 Å². The van der Waals surface area contributed by atoms with E-state index in [2.05, 4.69) is 12.3 Å². The van der Waals surface area contributed by atoms with Gasteiger partial charge in [0.15, 0.2) is 17.7 Å². The average molecular weight is 368 g/mol. The van der Waals surface area contributed by atoms with Crippen LogP contribution in [-0.4, -0.2) is 39.4 Å². The molecule has 0 radical (unpaired) electrons. The fraction of sp³-hybridized carbons (Fsp3) is 0.381. The summed E-state index contributed by atoms with van der Waals surface area (Å²) in [6, 6.07) is 9.65. The van der Waals surface area contributed by atoms with E-state index in [4.69, 9.17) is 18.9 Å². The molecule has 2 aromatic rings. The zero-order valence-electron chi connectivity index (χ0n) is 16.1. The predicted molar refractivity (Wildman–Crippen MR) is 102 cm³/mol. The molecule has 1 unspecified atom stereocenters. The van der Waals surface area contributed by atoms with Crippen molar-refractivity contribution in [2.45, 2.75) is 19.4 Å². The first-order valence-corrected chi connectivity index (χ1v) is 8.88. The summed E-state index contributed by atoms with van der Waals surface area (Å²) in [5.74, 6) is 2.53. The van der Waals surface area contributed by atoms with Crippen LogP contribution in [0.4, 0.5) is 0 Å². The van der Waals surface area contributed by atoms with Gasteiger partial charge in [0.2, 0.25) is 5.75 Å². The molecule has 1 heterocycles. The molecule has 0 aromatic heterocycles. The predicted octanol–water partition coefficient (Wildman–Crippen LogP) is 3.54. The molecular formula is C21H24N2O4. The summed E-state index contributed by atoms with van der Waals surface area (Å²) in [6.07, 6.45) is 3.12. The number of ether oxygens (including phenoxy) is 4. The number of hydrogen-bond donors (Lipinski definition) is 0. The molecule has 27 heavy (non-hydrogen) atoms. The van der Waals surface area contributed by atoms with Gasteiger partial charge in [0.05, 0.1) is 34.0 Å². The third-order valence-electron chi connectivity index (χ3n) is 4.78. The van der Waals surface area contributed by atoms with Gasteiger partial charge in [-0.15, -0.1) is 0 Å². The molecule has 0 saturated carbocycles. The summed E-state index contributed by atoms with van der Waals surface area (Å²) in [7, 11) is 4.76. The Bertz CT molecular complexity index is 835. The van der Waals surface area contributed by atoms with Crippen LogP contribution >= 0.6 is 0 Å². The van der Waals surface area contributed by atoms with E-state index in [1.807, 2.05) is 31.2 Å². The molecule has 0 amide bonds. The van der Waals surface area contributed by atoms with Crippen molar-refractivity contribution in [3.05, 3.63) is 47.0 Å². The number of nitrogens with zero attached hydrogens (tertiary/aromatic N) is 2. The maximum Gasteiger partial charge on any atom is 0.203 e. The smallest absolute Gasteiger partial charge is 0.203 e. The topological polar surface area (TPSA) is 64.0 Å². The Morgan fingerprint density at radius 2 is 1.78 bits per heavy atom. The minimum atomic E-state index is -0.219. The monoisotopic (exact) mass is 368 g/mol. The zero-order chi connectivity index (χ0) is 19.4. The summed E-state index contributed by atoms with van der Waals surface area (Å²) in [4.78, 5) is 1.78. The van der Waals surface area contributed by atoms with Crippen molar-refractivity contribution in [1.29, 1.82) is 5.26 Å². The molecule has 6 heteroatoms. The normalized spacial score (nSPS) is 15.5. The molecule has 0 bridgehead atoms. The molecule has 6 nitrogen and oxygen atoms in total. The van der Waals surface area contributed by atoms with E-state index in [1.165, 1.54) is 5.56 Å². The molecule has 0 spiro atoms. The zero-order valence-corrected chi connectivity index (χ0v) is 16.1. The van der Waals surface area contributed by atoms with Gasteiger partial charge in [-0.3, -0.25) is 4.90 Å². The summed E-state index contributed by atoms with van der Waals surface area (Å²) >= 11 is 0. The number of benzene rings is 2. The van der Waals surface area contributed by atoms with Crippen LogP contribution in [0.25, 0.3) is 0 Å². The lowest BCUT2D eigenvalue weighted by Crippen LogP contribution is -2.32. The van der Waals surface area contributed by atoms with Crippen LogP contribution in [0.1, 0.15) is 29.7 Å². The molecule has 0 saturated heterocycles. The van der Waals surface area contributed by atoms with Crippen molar-refractivity contribution in [2.75, 3.05) is 34.5 Å². The third-order valence-corrected chi connectivity index (χ3v) is 4.78. The molecule has 1 aliphatic heterocycles. The summed E-state index contributed by atoms with van der Waals surface area (Å²) in [5, 5.41) is 9.70. The molecule has 0 N–H and O–H groups in total. The molecule has 0 aliphatic carbocycles. The van der Waals surface area contributed by atoms with Crippen LogP contribution in [0.15, 0.2) is 30.3 Å². The van der Waals surface area contributed by atoms with Crippen LogP contribution in [-0.2, 0) is 6.42 Å². The summed E-state index contributed by atoms with van der Waals surface area (Å²) < 4.78 is 22.0. The Labute approximate surface area is 159 Å². The van der Waals surface area contributed by atoms with E-state index in [1.54, 1.807) is 26.2 Å². The summed E-state index contributed by atoms with van der Waals surface area (Å²) in [5.41, 5.74) is 3.18. The molecule has 1 atom stereocenters. The van der Waals surface area contributed by atoms with Crippen molar-refractivity contribution in [3.8, 4) is 29.2 Å². The minimum absolute atomic E-state index is 0.219. The lowest BCUT2D eigenvalue weighted by atomic mass is 9.88. The fourth-order valence-electron chi connectivity index (χ4n) is 3.59. The minimum Gasteiger partial charge on any atom is -0.494 e. The maximum atomic E-state index is 9.70. The first kappa shape index (κ1) is 18.7. The van der Waals surface area contributed by atoms with Crippen LogP contribution in [0.3, 0.4) is 0 Å². The van der Waals surface area contributed by atoms with Gasteiger partial charge >= 0.3 is 0 Å². The maximum absolute atomic E-state index is 9.70. The fourth-order valence-corrected chi connectivity index (χ4v) is 3.59. The number of hydrogen-bond acceptors (Lipinski definition) is 6. The Morgan fingerprint density at radius 3 is 2.33 bits per heavy atom. The number of rotatable bonds is 6.